The molecular formula is C16H16FNOS. The number of carbonyl (C=O) groups excluding carboxylic acids is 1. The summed E-state index contributed by atoms with van der Waals surface area (Å²) in [6, 6.07) is 15.8. The molecule has 0 spiro atoms. The van der Waals surface area contributed by atoms with Gasteiger partial charge in [0.1, 0.15) is 5.82 Å². The van der Waals surface area contributed by atoms with Gasteiger partial charge in [-0.2, -0.15) is 12.6 Å². The maximum absolute atomic E-state index is 12.8. The zero-order chi connectivity index (χ0) is 14.4. The SMILES string of the molecule is O=C(NCc1ccc(F)cc1)C(S)Cc1ccccc1. The van der Waals surface area contributed by atoms with Crippen molar-refractivity contribution in [3.05, 3.63) is 71.5 Å². The Balaban J connectivity index is 1.83. The Bertz CT molecular complexity index is 556. The van der Waals surface area contributed by atoms with Gasteiger partial charge >= 0.3 is 0 Å². The third-order valence-corrected chi connectivity index (χ3v) is 3.37. The van der Waals surface area contributed by atoms with E-state index in [0.29, 0.717) is 13.0 Å². The van der Waals surface area contributed by atoms with Gasteiger partial charge in [0.25, 0.3) is 0 Å². The van der Waals surface area contributed by atoms with E-state index < -0.39 is 5.25 Å². The normalized spacial score (nSPS) is 11.9. The van der Waals surface area contributed by atoms with Crippen LogP contribution in [-0.4, -0.2) is 11.2 Å². The molecule has 0 aromatic heterocycles. The van der Waals surface area contributed by atoms with E-state index in [0.717, 1.165) is 11.1 Å². The van der Waals surface area contributed by atoms with Crippen molar-refractivity contribution in [2.75, 3.05) is 0 Å². The fraction of sp³-hybridized carbons (Fsp3) is 0.188. The molecule has 2 aromatic carbocycles. The lowest BCUT2D eigenvalue weighted by molar-refractivity contribution is -0.120. The van der Waals surface area contributed by atoms with Crippen LogP contribution in [0.15, 0.2) is 54.6 Å². The van der Waals surface area contributed by atoms with Gasteiger partial charge in [0.05, 0.1) is 5.25 Å². The zero-order valence-electron chi connectivity index (χ0n) is 10.9. The van der Waals surface area contributed by atoms with Gasteiger partial charge in [-0.1, -0.05) is 42.5 Å². The second-order valence-electron chi connectivity index (χ2n) is 4.55. The van der Waals surface area contributed by atoms with Gasteiger partial charge in [0.15, 0.2) is 0 Å². The number of thiol groups is 1. The lowest BCUT2D eigenvalue weighted by atomic mass is 10.1. The lowest BCUT2D eigenvalue weighted by Crippen LogP contribution is -2.32. The Morgan fingerprint density at radius 1 is 1.05 bits per heavy atom. The monoisotopic (exact) mass is 289 g/mol. The number of amides is 1. The molecule has 2 rings (SSSR count). The highest BCUT2D eigenvalue weighted by Crippen LogP contribution is 2.08. The lowest BCUT2D eigenvalue weighted by Gasteiger charge is -2.11. The summed E-state index contributed by atoms with van der Waals surface area (Å²) >= 11 is 4.33. The molecular weight excluding hydrogens is 273 g/mol. The number of rotatable bonds is 5. The molecule has 0 aliphatic carbocycles. The Labute approximate surface area is 123 Å². The molecule has 4 heteroatoms. The number of nitrogens with one attached hydrogen (secondary N) is 1. The average Bonchev–Trinajstić information content (AvgIpc) is 2.47. The van der Waals surface area contributed by atoms with E-state index in [4.69, 9.17) is 0 Å². The first-order valence-corrected chi connectivity index (χ1v) is 6.91. The molecule has 104 valence electrons. The summed E-state index contributed by atoms with van der Waals surface area (Å²) in [5.41, 5.74) is 1.93. The molecule has 20 heavy (non-hydrogen) atoms. The summed E-state index contributed by atoms with van der Waals surface area (Å²) in [6.07, 6.45) is 0.583. The van der Waals surface area contributed by atoms with E-state index in [2.05, 4.69) is 17.9 Å². The second kappa shape index (κ2) is 7.10. The summed E-state index contributed by atoms with van der Waals surface area (Å²) in [5.74, 6) is -0.405. The van der Waals surface area contributed by atoms with Crippen molar-refractivity contribution < 1.29 is 9.18 Å². The standard InChI is InChI=1S/C16H16FNOS/c17-14-8-6-13(7-9-14)11-18-16(19)15(20)10-12-4-2-1-3-5-12/h1-9,15,20H,10-11H2,(H,18,19). The highest BCUT2D eigenvalue weighted by molar-refractivity contribution is 7.81. The first-order valence-electron chi connectivity index (χ1n) is 6.39. The molecule has 0 bridgehead atoms. The van der Waals surface area contributed by atoms with Crippen LogP contribution in [0.1, 0.15) is 11.1 Å². The summed E-state index contributed by atoms with van der Waals surface area (Å²) < 4.78 is 12.8. The first kappa shape index (κ1) is 14.6. The van der Waals surface area contributed by atoms with E-state index in [-0.39, 0.29) is 11.7 Å². The molecule has 0 saturated carbocycles. The largest absolute Gasteiger partial charge is 0.351 e. The van der Waals surface area contributed by atoms with Crippen molar-refractivity contribution in [3.8, 4) is 0 Å². The molecule has 2 aromatic rings. The van der Waals surface area contributed by atoms with E-state index in [9.17, 15) is 9.18 Å². The van der Waals surface area contributed by atoms with Crippen LogP contribution in [0.25, 0.3) is 0 Å². The minimum Gasteiger partial charge on any atom is -0.351 e. The fourth-order valence-electron chi connectivity index (χ4n) is 1.84. The van der Waals surface area contributed by atoms with Gasteiger partial charge in [-0.25, -0.2) is 4.39 Å². The van der Waals surface area contributed by atoms with E-state index in [1.807, 2.05) is 30.3 Å². The maximum Gasteiger partial charge on any atom is 0.233 e. The number of carbonyl (C=O) groups is 1. The molecule has 0 radical (unpaired) electrons. The summed E-state index contributed by atoms with van der Waals surface area (Å²) in [5, 5.41) is 2.41. The molecule has 0 aliphatic rings. The van der Waals surface area contributed by atoms with E-state index in [1.165, 1.54) is 12.1 Å². The molecule has 0 fully saturated rings. The topological polar surface area (TPSA) is 29.1 Å². The van der Waals surface area contributed by atoms with Gasteiger partial charge in [0.2, 0.25) is 5.91 Å². The molecule has 2 nitrogen and oxygen atoms in total. The van der Waals surface area contributed by atoms with Crippen LogP contribution in [0.5, 0.6) is 0 Å². The van der Waals surface area contributed by atoms with Gasteiger partial charge in [-0.15, -0.1) is 0 Å². The maximum atomic E-state index is 12.8. The number of hydrogen-bond acceptors (Lipinski definition) is 2. The summed E-state index contributed by atoms with van der Waals surface area (Å²) in [4.78, 5) is 11.9. The van der Waals surface area contributed by atoms with Crippen molar-refractivity contribution in [2.45, 2.75) is 18.2 Å². The van der Waals surface area contributed by atoms with Crippen molar-refractivity contribution in [1.29, 1.82) is 0 Å². The smallest absolute Gasteiger partial charge is 0.233 e. The Morgan fingerprint density at radius 3 is 2.35 bits per heavy atom. The highest BCUT2D eigenvalue weighted by atomic mass is 32.1. The van der Waals surface area contributed by atoms with Crippen LogP contribution in [0.2, 0.25) is 0 Å². The van der Waals surface area contributed by atoms with Crippen LogP contribution in [-0.2, 0) is 17.8 Å². The van der Waals surface area contributed by atoms with Gasteiger partial charge in [0, 0.05) is 6.54 Å². The molecule has 0 aliphatic heterocycles. The molecule has 1 unspecified atom stereocenters. The van der Waals surface area contributed by atoms with Crippen molar-refractivity contribution in [3.63, 3.8) is 0 Å². The number of hydrogen-bond donors (Lipinski definition) is 2. The van der Waals surface area contributed by atoms with Gasteiger partial charge in [-0.3, -0.25) is 4.79 Å². The second-order valence-corrected chi connectivity index (χ2v) is 5.17. The van der Waals surface area contributed by atoms with Gasteiger partial charge < -0.3 is 5.32 Å². The molecule has 1 amide bonds. The van der Waals surface area contributed by atoms with Crippen LogP contribution in [0, 0.1) is 5.82 Å². The third kappa shape index (κ3) is 4.38. The van der Waals surface area contributed by atoms with Crippen molar-refractivity contribution >= 4 is 18.5 Å². The fourth-order valence-corrected chi connectivity index (χ4v) is 2.14. The van der Waals surface area contributed by atoms with Gasteiger partial charge in [-0.05, 0) is 29.7 Å². The quantitative estimate of drug-likeness (QED) is 0.814. The Morgan fingerprint density at radius 2 is 1.70 bits per heavy atom. The van der Waals surface area contributed by atoms with Crippen LogP contribution in [0.4, 0.5) is 4.39 Å². The minimum atomic E-state index is -0.391. The predicted octanol–water partition coefficient (Wildman–Crippen LogP) is 2.98. The third-order valence-electron chi connectivity index (χ3n) is 2.95. The molecule has 0 saturated heterocycles. The molecule has 0 heterocycles. The minimum absolute atomic E-state index is 0.124. The number of benzene rings is 2. The first-order chi connectivity index (χ1) is 9.65. The van der Waals surface area contributed by atoms with Crippen LogP contribution in [0.3, 0.4) is 0 Å². The Kier molecular flexibility index (Phi) is 5.18. The van der Waals surface area contributed by atoms with Crippen molar-refractivity contribution in [2.24, 2.45) is 0 Å². The van der Waals surface area contributed by atoms with Crippen molar-refractivity contribution in [1.82, 2.24) is 5.32 Å². The molecule has 1 N–H and O–H groups in total. The summed E-state index contributed by atoms with van der Waals surface area (Å²) in [7, 11) is 0. The summed E-state index contributed by atoms with van der Waals surface area (Å²) in [6.45, 7) is 0.380. The van der Waals surface area contributed by atoms with Crippen LogP contribution >= 0.6 is 12.6 Å². The van der Waals surface area contributed by atoms with E-state index >= 15 is 0 Å². The number of halogens is 1. The highest BCUT2D eigenvalue weighted by Gasteiger charge is 2.13. The Hall–Kier alpha value is -1.81. The van der Waals surface area contributed by atoms with Crippen LogP contribution < -0.4 is 5.32 Å². The predicted molar refractivity (Wildman–Crippen MR) is 81.2 cm³/mol. The average molecular weight is 289 g/mol. The van der Waals surface area contributed by atoms with E-state index in [1.54, 1.807) is 12.1 Å². The zero-order valence-corrected chi connectivity index (χ0v) is 11.8. The molecule has 1 atom stereocenters.